The van der Waals surface area contributed by atoms with Crippen molar-refractivity contribution in [1.82, 2.24) is 14.7 Å². The Bertz CT molecular complexity index is 722. The van der Waals surface area contributed by atoms with Gasteiger partial charge in [-0.2, -0.15) is 0 Å². The molecule has 1 aromatic carbocycles. The first-order valence-electron chi connectivity index (χ1n) is 11.2. The van der Waals surface area contributed by atoms with Gasteiger partial charge in [-0.25, -0.2) is 0 Å². The second kappa shape index (κ2) is 9.64. The van der Waals surface area contributed by atoms with Gasteiger partial charge in [0.1, 0.15) is 5.75 Å². The van der Waals surface area contributed by atoms with E-state index in [-0.39, 0.29) is 5.92 Å². The summed E-state index contributed by atoms with van der Waals surface area (Å²) in [5.41, 5.74) is 0.480. The zero-order valence-electron chi connectivity index (χ0n) is 18.1. The van der Waals surface area contributed by atoms with Gasteiger partial charge in [-0.05, 0) is 26.0 Å². The zero-order chi connectivity index (χ0) is 21.0. The lowest BCUT2D eigenvalue weighted by Crippen LogP contribution is -2.44. The SMILES string of the molecule is CN1CCN(CCCOc2ccccc2CN2C[C@@H]3COCC[C@]3(C(=O)O)C2)CC1. The number of para-hydroxylation sites is 1. The van der Waals surface area contributed by atoms with Crippen LogP contribution in [0.2, 0.25) is 0 Å². The van der Waals surface area contributed by atoms with Crippen molar-refractivity contribution in [3.8, 4) is 5.75 Å². The molecule has 166 valence electrons. The van der Waals surface area contributed by atoms with Crippen molar-refractivity contribution in [2.45, 2.75) is 19.4 Å². The molecular weight excluding hydrogens is 382 g/mol. The van der Waals surface area contributed by atoms with E-state index in [2.05, 4.69) is 27.8 Å². The van der Waals surface area contributed by atoms with Crippen LogP contribution in [0.4, 0.5) is 0 Å². The van der Waals surface area contributed by atoms with Gasteiger partial charge in [-0.3, -0.25) is 9.69 Å². The second-order valence-electron chi connectivity index (χ2n) is 9.11. The summed E-state index contributed by atoms with van der Waals surface area (Å²) in [4.78, 5) is 19.2. The lowest BCUT2D eigenvalue weighted by molar-refractivity contribution is -0.157. The molecule has 3 heterocycles. The molecule has 1 aromatic rings. The van der Waals surface area contributed by atoms with Gasteiger partial charge in [0.25, 0.3) is 0 Å². The number of fused-ring (bicyclic) bond motifs is 1. The smallest absolute Gasteiger partial charge is 0.311 e. The monoisotopic (exact) mass is 417 g/mol. The van der Waals surface area contributed by atoms with E-state index in [0.717, 1.165) is 63.5 Å². The Kier molecular flexibility index (Phi) is 6.93. The minimum absolute atomic E-state index is 0.0698. The molecule has 3 fully saturated rings. The van der Waals surface area contributed by atoms with E-state index in [4.69, 9.17) is 9.47 Å². The number of rotatable bonds is 8. The number of benzene rings is 1. The Morgan fingerprint density at radius 1 is 1.23 bits per heavy atom. The number of carboxylic acid groups (broad SMARTS) is 1. The number of hydrogen-bond acceptors (Lipinski definition) is 6. The highest BCUT2D eigenvalue weighted by atomic mass is 16.5. The lowest BCUT2D eigenvalue weighted by atomic mass is 9.74. The summed E-state index contributed by atoms with van der Waals surface area (Å²) in [6, 6.07) is 8.17. The van der Waals surface area contributed by atoms with Crippen LogP contribution in [0.15, 0.2) is 24.3 Å². The molecule has 3 saturated heterocycles. The molecule has 30 heavy (non-hydrogen) atoms. The van der Waals surface area contributed by atoms with Crippen molar-refractivity contribution >= 4 is 5.97 Å². The average Bonchev–Trinajstić information content (AvgIpc) is 3.13. The highest BCUT2D eigenvalue weighted by Gasteiger charge is 2.53. The molecule has 2 atom stereocenters. The molecule has 4 rings (SSSR count). The van der Waals surface area contributed by atoms with Crippen LogP contribution in [0.5, 0.6) is 5.75 Å². The van der Waals surface area contributed by atoms with Gasteiger partial charge in [-0.1, -0.05) is 18.2 Å². The van der Waals surface area contributed by atoms with Crippen molar-refractivity contribution < 1.29 is 19.4 Å². The average molecular weight is 418 g/mol. The summed E-state index contributed by atoms with van der Waals surface area (Å²) >= 11 is 0. The Hall–Kier alpha value is -1.67. The molecule has 1 N–H and O–H groups in total. The number of ether oxygens (including phenoxy) is 2. The maximum absolute atomic E-state index is 12.0. The molecule has 3 aliphatic rings. The van der Waals surface area contributed by atoms with Crippen LogP contribution in [0.1, 0.15) is 18.4 Å². The van der Waals surface area contributed by atoms with Crippen LogP contribution in [-0.4, -0.2) is 98.5 Å². The van der Waals surface area contributed by atoms with Crippen molar-refractivity contribution in [3.05, 3.63) is 29.8 Å². The van der Waals surface area contributed by atoms with Gasteiger partial charge in [0.15, 0.2) is 0 Å². The van der Waals surface area contributed by atoms with Crippen molar-refractivity contribution in [3.63, 3.8) is 0 Å². The van der Waals surface area contributed by atoms with E-state index in [0.29, 0.717) is 32.8 Å². The summed E-state index contributed by atoms with van der Waals surface area (Å²) in [6.07, 6.45) is 1.62. The number of aliphatic carboxylic acids is 1. The van der Waals surface area contributed by atoms with Gasteiger partial charge >= 0.3 is 5.97 Å². The number of hydrogen-bond donors (Lipinski definition) is 1. The molecule has 0 aliphatic carbocycles. The first-order valence-corrected chi connectivity index (χ1v) is 11.2. The van der Waals surface area contributed by atoms with E-state index in [9.17, 15) is 9.90 Å². The highest BCUT2D eigenvalue weighted by molar-refractivity contribution is 5.76. The molecular formula is C23H35N3O4. The largest absolute Gasteiger partial charge is 0.493 e. The van der Waals surface area contributed by atoms with Crippen LogP contribution < -0.4 is 4.74 Å². The van der Waals surface area contributed by atoms with Crippen molar-refractivity contribution in [2.24, 2.45) is 11.3 Å². The first kappa shape index (κ1) is 21.6. The molecule has 0 bridgehead atoms. The Morgan fingerprint density at radius 2 is 2.03 bits per heavy atom. The summed E-state index contributed by atoms with van der Waals surface area (Å²) < 4.78 is 11.7. The second-order valence-corrected chi connectivity index (χ2v) is 9.11. The molecule has 0 amide bonds. The zero-order valence-corrected chi connectivity index (χ0v) is 18.1. The van der Waals surface area contributed by atoms with Gasteiger partial charge in [0.2, 0.25) is 0 Å². The van der Waals surface area contributed by atoms with Crippen LogP contribution in [0.25, 0.3) is 0 Å². The maximum atomic E-state index is 12.0. The molecule has 7 nitrogen and oxygen atoms in total. The number of likely N-dealkylation sites (tertiary alicyclic amines) is 1. The fourth-order valence-electron chi connectivity index (χ4n) is 5.08. The predicted octanol–water partition coefficient (Wildman–Crippen LogP) is 1.63. The molecule has 3 aliphatic heterocycles. The normalized spacial score (nSPS) is 28.4. The molecule has 0 unspecified atom stereocenters. The standard InChI is InChI=1S/C23H35N3O4/c1-24-9-11-25(12-10-24)8-4-13-30-21-6-3-2-5-19(21)15-26-16-20-17-29-14-7-23(20,18-26)22(27)28/h2-3,5-6,20H,4,7-18H2,1H3,(H,27,28)/t20-,23+/m1/s1. The highest BCUT2D eigenvalue weighted by Crippen LogP contribution is 2.43. The molecule has 0 spiro atoms. The third-order valence-electron chi connectivity index (χ3n) is 7.04. The number of likely N-dealkylation sites (N-methyl/N-ethyl adjacent to an activating group) is 1. The number of carboxylic acids is 1. The van der Waals surface area contributed by atoms with E-state index in [1.807, 2.05) is 18.2 Å². The van der Waals surface area contributed by atoms with Crippen molar-refractivity contribution in [2.75, 3.05) is 72.7 Å². The minimum atomic E-state index is -0.674. The van der Waals surface area contributed by atoms with Gasteiger partial charge < -0.3 is 24.4 Å². The minimum Gasteiger partial charge on any atom is -0.493 e. The van der Waals surface area contributed by atoms with Crippen molar-refractivity contribution in [1.29, 1.82) is 0 Å². The Labute approximate surface area is 179 Å². The molecule has 0 aromatic heterocycles. The van der Waals surface area contributed by atoms with E-state index >= 15 is 0 Å². The quantitative estimate of drug-likeness (QED) is 0.645. The number of carbonyl (C=O) groups is 1. The summed E-state index contributed by atoms with van der Waals surface area (Å²) in [7, 11) is 2.18. The van der Waals surface area contributed by atoms with Crippen LogP contribution in [0, 0.1) is 11.3 Å². The van der Waals surface area contributed by atoms with E-state index in [1.165, 1.54) is 0 Å². The molecule has 0 radical (unpaired) electrons. The summed E-state index contributed by atoms with van der Waals surface area (Å²) in [5.74, 6) is 0.318. The fourth-order valence-corrected chi connectivity index (χ4v) is 5.08. The topological polar surface area (TPSA) is 65.5 Å². The Morgan fingerprint density at radius 3 is 2.80 bits per heavy atom. The van der Waals surface area contributed by atoms with Crippen LogP contribution in [0.3, 0.4) is 0 Å². The predicted molar refractivity (Wildman–Crippen MR) is 115 cm³/mol. The maximum Gasteiger partial charge on any atom is 0.311 e. The number of nitrogens with zero attached hydrogens (tertiary/aromatic N) is 3. The van der Waals surface area contributed by atoms with E-state index in [1.54, 1.807) is 0 Å². The number of piperazine rings is 1. The molecule has 0 saturated carbocycles. The fraction of sp³-hybridized carbons (Fsp3) is 0.696. The van der Waals surface area contributed by atoms with Gasteiger partial charge in [0, 0.05) is 70.4 Å². The third-order valence-corrected chi connectivity index (χ3v) is 7.04. The first-order chi connectivity index (χ1) is 14.6. The van der Waals surface area contributed by atoms with Crippen LogP contribution in [-0.2, 0) is 16.1 Å². The summed E-state index contributed by atoms with van der Waals surface area (Å²) in [5, 5.41) is 9.89. The van der Waals surface area contributed by atoms with Gasteiger partial charge in [0.05, 0.1) is 18.6 Å². The lowest BCUT2D eigenvalue weighted by Gasteiger charge is -2.34. The third kappa shape index (κ3) is 4.80. The van der Waals surface area contributed by atoms with Gasteiger partial charge in [-0.15, -0.1) is 0 Å². The van der Waals surface area contributed by atoms with Crippen LogP contribution >= 0.6 is 0 Å². The summed E-state index contributed by atoms with van der Waals surface area (Å²) in [6.45, 7) is 9.52. The Balaban J connectivity index is 1.30. The van der Waals surface area contributed by atoms with E-state index < -0.39 is 11.4 Å². The molecule has 7 heteroatoms.